The Kier molecular flexibility index (Phi) is 5.99. The van der Waals surface area contributed by atoms with Crippen molar-refractivity contribution in [2.75, 3.05) is 14.2 Å². The van der Waals surface area contributed by atoms with Gasteiger partial charge in [0.25, 0.3) is 0 Å². The van der Waals surface area contributed by atoms with Crippen molar-refractivity contribution in [2.24, 2.45) is 5.92 Å². The lowest BCUT2D eigenvalue weighted by Gasteiger charge is -2.41. The highest BCUT2D eigenvalue weighted by Gasteiger charge is 2.49. The minimum atomic E-state index is -1.40. The van der Waals surface area contributed by atoms with Gasteiger partial charge in [-0.2, -0.15) is 0 Å². The predicted molar refractivity (Wildman–Crippen MR) is 106 cm³/mol. The lowest BCUT2D eigenvalue weighted by molar-refractivity contribution is -0.226. The highest BCUT2D eigenvalue weighted by Crippen LogP contribution is 2.43. The lowest BCUT2D eigenvalue weighted by atomic mass is 9.77. The summed E-state index contributed by atoms with van der Waals surface area (Å²) in [5.74, 6) is -2.14. The highest BCUT2D eigenvalue weighted by atomic mass is 16.7. The van der Waals surface area contributed by atoms with Gasteiger partial charge >= 0.3 is 0 Å². The first-order valence-electron chi connectivity index (χ1n) is 9.12. The Balaban J connectivity index is 1.94. The van der Waals surface area contributed by atoms with Crippen molar-refractivity contribution in [3.63, 3.8) is 0 Å². The molecule has 0 fully saturated rings. The van der Waals surface area contributed by atoms with E-state index in [1.54, 1.807) is 6.08 Å². The normalized spacial score (nSPS) is 19.0. The van der Waals surface area contributed by atoms with E-state index in [1.807, 2.05) is 48.5 Å². The van der Waals surface area contributed by atoms with Crippen LogP contribution in [0, 0.1) is 5.92 Å². The number of methoxy groups -OCH3 is 2. The van der Waals surface area contributed by atoms with Gasteiger partial charge in [-0.3, -0.25) is 0 Å². The van der Waals surface area contributed by atoms with E-state index in [0.29, 0.717) is 6.42 Å². The molecule has 1 unspecified atom stereocenters. The number of allylic oxidation sites excluding steroid dienone is 1. The number of hydrogen-bond acceptors (Lipinski definition) is 4. The summed E-state index contributed by atoms with van der Waals surface area (Å²) in [6, 6.07) is 20.2. The van der Waals surface area contributed by atoms with Gasteiger partial charge in [-0.05, 0) is 36.5 Å². The first-order valence-corrected chi connectivity index (χ1v) is 9.12. The van der Waals surface area contributed by atoms with E-state index in [1.165, 1.54) is 19.8 Å². The molecule has 2 aromatic carbocycles. The molecule has 0 heterocycles. The highest BCUT2D eigenvalue weighted by molar-refractivity contribution is 5.36. The third-order valence-electron chi connectivity index (χ3n) is 5.24. The molecule has 4 nitrogen and oxygen atoms in total. The van der Waals surface area contributed by atoms with Crippen LogP contribution < -0.4 is 0 Å². The summed E-state index contributed by atoms with van der Waals surface area (Å²) in [6.07, 6.45) is 3.84. The summed E-state index contributed by atoms with van der Waals surface area (Å²) >= 11 is 0. The average molecular weight is 366 g/mol. The van der Waals surface area contributed by atoms with Crippen LogP contribution in [0.1, 0.15) is 17.5 Å². The van der Waals surface area contributed by atoms with Crippen molar-refractivity contribution in [3.8, 4) is 0 Å². The maximum absolute atomic E-state index is 10.6. The van der Waals surface area contributed by atoms with Crippen molar-refractivity contribution >= 4 is 0 Å². The van der Waals surface area contributed by atoms with Crippen LogP contribution in [0.15, 0.2) is 83.8 Å². The summed E-state index contributed by atoms with van der Waals surface area (Å²) in [6.45, 7) is 0. The minimum Gasteiger partial charge on any atom is -0.504 e. The van der Waals surface area contributed by atoms with Crippen LogP contribution in [-0.2, 0) is 22.3 Å². The van der Waals surface area contributed by atoms with E-state index < -0.39 is 5.79 Å². The second-order valence-corrected chi connectivity index (χ2v) is 6.76. The van der Waals surface area contributed by atoms with Gasteiger partial charge < -0.3 is 19.7 Å². The van der Waals surface area contributed by atoms with Crippen molar-refractivity contribution in [3.05, 3.63) is 95.0 Å². The van der Waals surface area contributed by atoms with Crippen LogP contribution in [0.4, 0.5) is 0 Å². The van der Waals surface area contributed by atoms with Gasteiger partial charge in [-0.15, -0.1) is 0 Å². The van der Waals surface area contributed by atoms with Gasteiger partial charge in [-0.25, -0.2) is 0 Å². The van der Waals surface area contributed by atoms with E-state index in [-0.39, 0.29) is 17.4 Å². The fraction of sp³-hybridized carbons (Fsp3) is 0.304. The van der Waals surface area contributed by atoms with Crippen LogP contribution in [0.5, 0.6) is 0 Å². The molecular formula is C23H26O4. The molecule has 1 aliphatic carbocycles. The molecule has 0 saturated carbocycles. The Hall–Kier alpha value is -2.56. The molecule has 142 valence electrons. The van der Waals surface area contributed by atoms with Gasteiger partial charge in [0.2, 0.25) is 5.79 Å². The molecule has 0 bridgehead atoms. The molecular weight excluding hydrogens is 340 g/mol. The van der Waals surface area contributed by atoms with Gasteiger partial charge in [0, 0.05) is 20.1 Å². The zero-order chi connectivity index (χ0) is 19.3. The van der Waals surface area contributed by atoms with Gasteiger partial charge in [0.1, 0.15) is 0 Å². The summed E-state index contributed by atoms with van der Waals surface area (Å²) in [5.41, 5.74) is 3.32. The fourth-order valence-electron chi connectivity index (χ4n) is 3.79. The molecule has 3 rings (SSSR count). The molecule has 1 aliphatic rings. The molecule has 2 aromatic rings. The molecule has 0 saturated heterocycles. The van der Waals surface area contributed by atoms with E-state index in [9.17, 15) is 10.2 Å². The summed E-state index contributed by atoms with van der Waals surface area (Å²) in [5, 5.41) is 20.9. The number of benzene rings is 2. The van der Waals surface area contributed by atoms with E-state index in [2.05, 4.69) is 12.1 Å². The molecule has 27 heavy (non-hydrogen) atoms. The smallest absolute Gasteiger partial charge is 0.237 e. The zero-order valence-corrected chi connectivity index (χ0v) is 15.8. The summed E-state index contributed by atoms with van der Waals surface area (Å²) in [7, 11) is 2.98. The molecule has 4 heteroatoms. The summed E-state index contributed by atoms with van der Waals surface area (Å²) in [4.78, 5) is 0. The Morgan fingerprint density at radius 3 is 1.93 bits per heavy atom. The van der Waals surface area contributed by atoms with Crippen LogP contribution in [0.25, 0.3) is 0 Å². The van der Waals surface area contributed by atoms with Crippen molar-refractivity contribution in [1.29, 1.82) is 0 Å². The van der Waals surface area contributed by atoms with E-state index in [4.69, 9.17) is 9.47 Å². The standard InChI is InChI=1S/C23H26O4/c1-26-23(27-2)20(15-18-11-7-4-8-12-18)19(16-21(24)22(23)25)14-13-17-9-5-3-6-10-17/h3-12,16,20,24-25H,13-15H2,1-2H3. The van der Waals surface area contributed by atoms with Crippen molar-refractivity contribution < 1.29 is 19.7 Å². The number of aliphatic hydroxyl groups excluding tert-OH is 2. The third-order valence-corrected chi connectivity index (χ3v) is 5.24. The molecule has 0 radical (unpaired) electrons. The van der Waals surface area contributed by atoms with Gasteiger partial charge in [0.15, 0.2) is 11.5 Å². The molecule has 2 N–H and O–H groups in total. The number of hydrogen-bond donors (Lipinski definition) is 2. The van der Waals surface area contributed by atoms with Crippen LogP contribution >= 0.6 is 0 Å². The van der Waals surface area contributed by atoms with Crippen LogP contribution in [0.3, 0.4) is 0 Å². The second-order valence-electron chi connectivity index (χ2n) is 6.76. The third kappa shape index (κ3) is 3.92. The average Bonchev–Trinajstić information content (AvgIpc) is 2.72. The zero-order valence-electron chi connectivity index (χ0n) is 15.8. The largest absolute Gasteiger partial charge is 0.504 e. The van der Waals surface area contributed by atoms with Gasteiger partial charge in [0.05, 0.1) is 0 Å². The Morgan fingerprint density at radius 2 is 1.37 bits per heavy atom. The molecule has 0 spiro atoms. The van der Waals surface area contributed by atoms with Crippen LogP contribution in [-0.4, -0.2) is 30.2 Å². The molecule has 0 aromatic heterocycles. The van der Waals surface area contributed by atoms with Crippen LogP contribution in [0.2, 0.25) is 0 Å². The Bertz CT molecular complexity index is 805. The number of aryl methyl sites for hydroxylation is 1. The summed E-state index contributed by atoms with van der Waals surface area (Å²) < 4.78 is 11.3. The number of rotatable bonds is 7. The number of aliphatic hydroxyl groups is 2. The molecule has 1 atom stereocenters. The topological polar surface area (TPSA) is 58.9 Å². The van der Waals surface area contributed by atoms with E-state index >= 15 is 0 Å². The maximum Gasteiger partial charge on any atom is 0.237 e. The monoisotopic (exact) mass is 366 g/mol. The van der Waals surface area contributed by atoms with Crippen molar-refractivity contribution in [1.82, 2.24) is 0 Å². The maximum atomic E-state index is 10.6. The quantitative estimate of drug-likeness (QED) is 0.695. The Labute approximate surface area is 160 Å². The predicted octanol–water partition coefficient (Wildman–Crippen LogP) is 4.73. The SMILES string of the molecule is COC1(OC)C(O)=C(O)C=C(CCc2ccccc2)C1Cc1ccccc1. The van der Waals surface area contributed by atoms with E-state index in [0.717, 1.165) is 24.0 Å². The Morgan fingerprint density at radius 1 is 0.815 bits per heavy atom. The minimum absolute atomic E-state index is 0.203. The first kappa shape index (κ1) is 19.2. The lowest BCUT2D eigenvalue weighted by Crippen LogP contribution is -2.48. The first-order chi connectivity index (χ1) is 13.1. The number of ether oxygens (including phenoxy) is 2. The molecule has 0 amide bonds. The van der Waals surface area contributed by atoms with Crippen molar-refractivity contribution in [2.45, 2.75) is 25.0 Å². The second kappa shape index (κ2) is 8.42. The van der Waals surface area contributed by atoms with Gasteiger partial charge in [-0.1, -0.05) is 66.2 Å². The molecule has 0 aliphatic heterocycles. The fourth-order valence-corrected chi connectivity index (χ4v) is 3.79.